The molecule has 0 saturated carbocycles. The first kappa shape index (κ1) is 14.8. The predicted octanol–water partition coefficient (Wildman–Crippen LogP) is 2.65. The number of amides is 1. The molecule has 0 unspecified atom stereocenters. The number of carbonyl (C=O) groups is 1. The number of ether oxygens (including phenoxy) is 1. The minimum Gasteiger partial charge on any atom is -0.446 e. The molecule has 1 aromatic rings. The van der Waals surface area contributed by atoms with Gasteiger partial charge >= 0.3 is 6.09 Å². The van der Waals surface area contributed by atoms with Gasteiger partial charge in [0, 0.05) is 5.02 Å². The summed E-state index contributed by atoms with van der Waals surface area (Å²) in [5.41, 5.74) is 0.149. The monoisotopic (exact) mass is 291 g/mol. The zero-order valence-corrected chi connectivity index (χ0v) is 11.8. The van der Waals surface area contributed by atoms with Gasteiger partial charge in [0.05, 0.1) is 18.0 Å². The van der Waals surface area contributed by atoms with Gasteiger partial charge in [0.1, 0.15) is 0 Å². The van der Waals surface area contributed by atoms with Crippen LogP contribution >= 0.6 is 11.6 Å². The summed E-state index contributed by atoms with van der Waals surface area (Å²) in [7, 11) is -3.78. The van der Waals surface area contributed by atoms with Gasteiger partial charge in [-0.3, -0.25) is 0 Å². The highest BCUT2D eigenvalue weighted by Gasteiger charge is 2.27. The third kappa shape index (κ3) is 3.89. The van der Waals surface area contributed by atoms with Crippen LogP contribution in [0.2, 0.25) is 5.02 Å². The van der Waals surface area contributed by atoms with Gasteiger partial charge < -0.3 is 4.74 Å². The lowest BCUT2D eigenvalue weighted by atomic mass is 10.3. The maximum absolute atomic E-state index is 11.8. The molecule has 1 rings (SSSR count). The standard InChI is InChI=1S/C11H14ClNO4S/c1-8(2)17-11(14)13(18(3,15)16)10-6-4-5-9(12)7-10/h4-8H,1-3H3. The summed E-state index contributed by atoms with van der Waals surface area (Å²) in [5, 5.41) is 0.332. The highest BCUT2D eigenvalue weighted by atomic mass is 35.5. The molecule has 1 amide bonds. The average Bonchev–Trinajstić information content (AvgIpc) is 2.13. The third-order valence-electron chi connectivity index (χ3n) is 1.88. The molecule has 0 aliphatic rings. The largest absolute Gasteiger partial charge is 0.446 e. The lowest BCUT2D eigenvalue weighted by Crippen LogP contribution is -2.37. The lowest BCUT2D eigenvalue weighted by Gasteiger charge is -2.21. The van der Waals surface area contributed by atoms with E-state index in [0.717, 1.165) is 6.26 Å². The van der Waals surface area contributed by atoms with Crippen molar-refractivity contribution in [1.29, 1.82) is 0 Å². The SMILES string of the molecule is CC(C)OC(=O)N(c1cccc(Cl)c1)S(C)(=O)=O. The van der Waals surface area contributed by atoms with Crippen LogP contribution < -0.4 is 4.31 Å². The van der Waals surface area contributed by atoms with Crippen molar-refractivity contribution in [3.63, 3.8) is 0 Å². The van der Waals surface area contributed by atoms with Crippen LogP contribution in [0.15, 0.2) is 24.3 Å². The summed E-state index contributed by atoms with van der Waals surface area (Å²) in [4.78, 5) is 11.8. The Morgan fingerprint density at radius 3 is 2.44 bits per heavy atom. The van der Waals surface area contributed by atoms with Crippen molar-refractivity contribution in [3.8, 4) is 0 Å². The Labute approximate surface area is 111 Å². The minimum absolute atomic E-state index is 0.149. The molecular formula is C11H14ClNO4S. The molecule has 0 N–H and O–H groups in total. The van der Waals surface area contributed by atoms with Crippen LogP contribution in [-0.2, 0) is 14.8 Å². The van der Waals surface area contributed by atoms with Crippen molar-refractivity contribution < 1.29 is 17.9 Å². The van der Waals surface area contributed by atoms with Gasteiger partial charge in [-0.2, -0.15) is 4.31 Å². The van der Waals surface area contributed by atoms with Gasteiger partial charge in [-0.1, -0.05) is 17.7 Å². The van der Waals surface area contributed by atoms with E-state index in [2.05, 4.69) is 0 Å². The van der Waals surface area contributed by atoms with E-state index in [1.165, 1.54) is 12.1 Å². The van der Waals surface area contributed by atoms with E-state index in [4.69, 9.17) is 16.3 Å². The molecule has 7 heteroatoms. The first-order valence-corrected chi connectivity index (χ1v) is 7.41. The van der Waals surface area contributed by atoms with Crippen LogP contribution in [0.4, 0.5) is 10.5 Å². The van der Waals surface area contributed by atoms with Gasteiger partial charge in [0.25, 0.3) is 0 Å². The quantitative estimate of drug-likeness (QED) is 0.859. The topological polar surface area (TPSA) is 63.7 Å². The molecule has 5 nitrogen and oxygen atoms in total. The summed E-state index contributed by atoms with van der Waals surface area (Å²) in [6.07, 6.45) is -0.439. The van der Waals surface area contributed by atoms with E-state index in [9.17, 15) is 13.2 Å². The second-order valence-corrected chi connectivity index (χ2v) is 6.21. The van der Waals surface area contributed by atoms with Gasteiger partial charge in [-0.05, 0) is 32.0 Å². The Morgan fingerprint density at radius 2 is 2.00 bits per heavy atom. The summed E-state index contributed by atoms with van der Waals surface area (Å²) in [5.74, 6) is 0. The molecule has 0 aliphatic carbocycles. The molecule has 18 heavy (non-hydrogen) atoms. The summed E-state index contributed by atoms with van der Waals surface area (Å²) in [6, 6.07) is 5.98. The molecule has 0 saturated heterocycles. The molecular weight excluding hydrogens is 278 g/mol. The zero-order chi connectivity index (χ0) is 13.9. The van der Waals surface area contributed by atoms with Crippen LogP contribution in [0.1, 0.15) is 13.8 Å². The Kier molecular flexibility index (Phi) is 4.59. The summed E-state index contributed by atoms with van der Waals surface area (Å²) < 4.78 is 28.8. The first-order chi connectivity index (χ1) is 8.21. The van der Waals surface area contributed by atoms with Crippen LogP contribution in [-0.4, -0.2) is 26.9 Å². The molecule has 0 aromatic heterocycles. The molecule has 0 radical (unpaired) electrons. The molecule has 0 bridgehead atoms. The Morgan fingerprint density at radius 1 is 1.39 bits per heavy atom. The minimum atomic E-state index is -3.78. The highest BCUT2D eigenvalue weighted by molar-refractivity contribution is 7.92. The van der Waals surface area contributed by atoms with E-state index in [1.54, 1.807) is 26.0 Å². The fourth-order valence-electron chi connectivity index (χ4n) is 1.28. The van der Waals surface area contributed by atoms with Crippen molar-refractivity contribution in [2.45, 2.75) is 20.0 Å². The average molecular weight is 292 g/mol. The number of nitrogens with zero attached hydrogens (tertiary/aromatic N) is 1. The summed E-state index contributed by atoms with van der Waals surface area (Å²) in [6.45, 7) is 3.27. The third-order valence-corrected chi connectivity index (χ3v) is 3.13. The number of benzene rings is 1. The number of hydrogen-bond donors (Lipinski definition) is 0. The van der Waals surface area contributed by atoms with Crippen molar-refractivity contribution in [2.24, 2.45) is 0 Å². The van der Waals surface area contributed by atoms with E-state index in [-0.39, 0.29) is 5.69 Å². The van der Waals surface area contributed by atoms with Crippen LogP contribution in [0.3, 0.4) is 0 Å². The van der Waals surface area contributed by atoms with Crippen LogP contribution in [0.25, 0.3) is 0 Å². The fourth-order valence-corrected chi connectivity index (χ4v) is 2.28. The Bertz CT molecular complexity index is 542. The van der Waals surface area contributed by atoms with E-state index in [1.807, 2.05) is 0 Å². The van der Waals surface area contributed by atoms with Crippen molar-refractivity contribution in [1.82, 2.24) is 0 Å². The Hall–Kier alpha value is -1.27. The summed E-state index contributed by atoms with van der Waals surface area (Å²) >= 11 is 5.78. The lowest BCUT2D eigenvalue weighted by molar-refractivity contribution is 0.126. The van der Waals surface area contributed by atoms with E-state index in [0.29, 0.717) is 9.33 Å². The predicted molar refractivity (Wildman–Crippen MR) is 70.4 cm³/mol. The van der Waals surface area contributed by atoms with E-state index >= 15 is 0 Å². The molecule has 0 fully saturated rings. The second-order valence-electron chi connectivity index (χ2n) is 3.94. The zero-order valence-electron chi connectivity index (χ0n) is 10.3. The number of carbonyl (C=O) groups excluding carboxylic acids is 1. The van der Waals surface area contributed by atoms with Gasteiger partial charge in [-0.15, -0.1) is 0 Å². The van der Waals surface area contributed by atoms with Crippen LogP contribution in [0.5, 0.6) is 0 Å². The maximum Gasteiger partial charge on any atom is 0.428 e. The smallest absolute Gasteiger partial charge is 0.428 e. The molecule has 0 aliphatic heterocycles. The molecule has 1 aromatic carbocycles. The number of rotatable bonds is 3. The molecule has 0 heterocycles. The number of sulfonamides is 1. The van der Waals surface area contributed by atoms with Crippen molar-refractivity contribution >= 4 is 33.4 Å². The van der Waals surface area contributed by atoms with Crippen molar-refractivity contribution in [2.75, 3.05) is 10.6 Å². The fraction of sp³-hybridized carbons (Fsp3) is 0.364. The number of hydrogen-bond acceptors (Lipinski definition) is 4. The highest BCUT2D eigenvalue weighted by Crippen LogP contribution is 2.22. The number of halogens is 1. The molecule has 100 valence electrons. The number of anilines is 1. The second kappa shape index (κ2) is 5.58. The normalized spacial score (nSPS) is 11.4. The van der Waals surface area contributed by atoms with Crippen LogP contribution in [0, 0.1) is 0 Å². The van der Waals surface area contributed by atoms with Gasteiger partial charge in [0.15, 0.2) is 0 Å². The first-order valence-electron chi connectivity index (χ1n) is 5.18. The Balaban J connectivity index is 3.19. The molecule has 0 atom stereocenters. The van der Waals surface area contributed by atoms with E-state index < -0.39 is 22.2 Å². The maximum atomic E-state index is 11.8. The molecule has 0 spiro atoms. The van der Waals surface area contributed by atoms with Gasteiger partial charge in [0.2, 0.25) is 10.0 Å². The van der Waals surface area contributed by atoms with Gasteiger partial charge in [-0.25, -0.2) is 13.2 Å². The van der Waals surface area contributed by atoms with Crippen molar-refractivity contribution in [3.05, 3.63) is 29.3 Å².